The highest BCUT2D eigenvalue weighted by Crippen LogP contribution is 2.31. The summed E-state index contributed by atoms with van der Waals surface area (Å²) >= 11 is 1.68. The molecule has 0 radical (unpaired) electrons. The fraction of sp³-hybridized carbons (Fsp3) is 0.529. The van der Waals surface area contributed by atoms with Gasteiger partial charge in [-0.25, -0.2) is 4.98 Å². The highest BCUT2D eigenvalue weighted by molar-refractivity contribution is 7.22. The molecule has 0 aliphatic carbocycles. The number of carbonyl (C=O) groups excluding carboxylic acids is 1. The van der Waals surface area contributed by atoms with Gasteiger partial charge >= 0.3 is 0 Å². The number of rotatable bonds is 5. The number of piperidine rings is 1. The van der Waals surface area contributed by atoms with E-state index in [1.807, 2.05) is 18.2 Å². The Kier molecular flexibility index (Phi) is 5.13. The largest absolute Gasteiger partial charge is 0.383 e. The fourth-order valence-corrected chi connectivity index (χ4v) is 3.81. The summed E-state index contributed by atoms with van der Waals surface area (Å²) in [5, 5.41) is 3.92. The van der Waals surface area contributed by atoms with Crippen LogP contribution in [0.5, 0.6) is 0 Å². The van der Waals surface area contributed by atoms with E-state index in [2.05, 4.69) is 17.1 Å². The summed E-state index contributed by atoms with van der Waals surface area (Å²) in [6.07, 6.45) is 2.45. The van der Waals surface area contributed by atoms with Crippen molar-refractivity contribution in [3.8, 4) is 0 Å². The molecule has 1 N–H and O–H groups in total. The van der Waals surface area contributed by atoms with Gasteiger partial charge in [0, 0.05) is 32.3 Å². The molecule has 0 bridgehead atoms. The maximum Gasteiger partial charge on any atom is 0.251 e. The smallest absolute Gasteiger partial charge is 0.251 e. The zero-order chi connectivity index (χ0) is 16.2. The van der Waals surface area contributed by atoms with Gasteiger partial charge in [-0.3, -0.25) is 4.79 Å². The first-order valence-electron chi connectivity index (χ1n) is 8.10. The molecule has 2 aromatic rings. The van der Waals surface area contributed by atoms with Crippen molar-refractivity contribution in [2.45, 2.75) is 19.8 Å². The first-order chi connectivity index (χ1) is 11.2. The number of nitrogens with zero attached hydrogens (tertiary/aromatic N) is 2. The van der Waals surface area contributed by atoms with Crippen LogP contribution in [0.3, 0.4) is 0 Å². The minimum absolute atomic E-state index is 0.0642. The zero-order valence-electron chi connectivity index (χ0n) is 13.7. The molecular formula is C17H23N3O2S. The third kappa shape index (κ3) is 3.82. The van der Waals surface area contributed by atoms with Crippen molar-refractivity contribution in [1.82, 2.24) is 10.3 Å². The van der Waals surface area contributed by atoms with Crippen molar-refractivity contribution in [2.75, 3.05) is 38.3 Å². The van der Waals surface area contributed by atoms with E-state index in [0.717, 1.165) is 34.4 Å². The van der Waals surface area contributed by atoms with Crippen LogP contribution >= 0.6 is 11.3 Å². The minimum Gasteiger partial charge on any atom is -0.383 e. The molecule has 124 valence electrons. The third-order valence-corrected chi connectivity index (χ3v) is 5.36. The molecule has 3 rings (SSSR count). The second-order valence-corrected chi connectivity index (χ2v) is 7.11. The molecule has 6 heteroatoms. The standard InChI is InChI=1S/C17H23N3O2S/c1-12-5-8-20(9-6-12)17-19-14-4-3-13(11-15(14)23-17)16(21)18-7-10-22-2/h3-4,11-12H,5-10H2,1-2H3,(H,18,21). The Balaban J connectivity index is 1.74. The Labute approximate surface area is 140 Å². The van der Waals surface area contributed by atoms with Gasteiger partial charge in [0.15, 0.2) is 5.13 Å². The van der Waals surface area contributed by atoms with Crippen LogP contribution in [0.4, 0.5) is 5.13 Å². The Morgan fingerprint density at radius 3 is 2.96 bits per heavy atom. The molecule has 0 spiro atoms. The molecule has 0 atom stereocenters. The summed E-state index contributed by atoms with van der Waals surface area (Å²) < 4.78 is 6.02. The van der Waals surface area contributed by atoms with Crippen molar-refractivity contribution in [2.24, 2.45) is 5.92 Å². The van der Waals surface area contributed by atoms with E-state index in [-0.39, 0.29) is 5.91 Å². The molecule has 1 fully saturated rings. The first kappa shape index (κ1) is 16.2. The van der Waals surface area contributed by atoms with Gasteiger partial charge in [0.1, 0.15) is 0 Å². The highest BCUT2D eigenvalue weighted by Gasteiger charge is 2.19. The van der Waals surface area contributed by atoms with Crippen LogP contribution < -0.4 is 10.2 Å². The number of carbonyl (C=O) groups is 1. The van der Waals surface area contributed by atoms with E-state index >= 15 is 0 Å². The first-order valence-corrected chi connectivity index (χ1v) is 8.91. The number of nitrogens with one attached hydrogen (secondary N) is 1. The normalized spacial score (nSPS) is 16.0. The average molecular weight is 333 g/mol. The summed E-state index contributed by atoms with van der Waals surface area (Å²) in [5.74, 6) is 0.744. The SMILES string of the molecule is COCCNC(=O)c1ccc2nc(N3CCC(C)CC3)sc2c1. The zero-order valence-corrected chi connectivity index (χ0v) is 14.5. The molecule has 1 aliphatic rings. The molecule has 0 saturated carbocycles. The lowest BCUT2D eigenvalue weighted by atomic mass is 10.00. The average Bonchev–Trinajstić information content (AvgIpc) is 2.98. The lowest BCUT2D eigenvalue weighted by Gasteiger charge is -2.29. The molecule has 1 aromatic heterocycles. The quantitative estimate of drug-likeness (QED) is 0.855. The summed E-state index contributed by atoms with van der Waals surface area (Å²) in [6, 6.07) is 5.71. The van der Waals surface area contributed by atoms with E-state index in [1.54, 1.807) is 18.4 Å². The lowest BCUT2D eigenvalue weighted by Crippen LogP contribution is -2.32. The predicted molar refractivity (Wildman–Crippen MR) is 94.4 cm³/mol. The molecule has 1 saturated heterocycles. The number of benzene rings is 1. The van der Waals surface area contributed by atoms with Crippen LogP contribution in [0.1, 0.15) is 30.1 Å². The number of thiazole rings is 1. The van der Waals surface area contributed by atoms with Gasteiger partial charge in [0.25, 0.3) is 5.91 Å². The molecular weight excluding hydrogens is 310 g/mol. The minimum atomic E-state index is -0.0642. The fourth-order valence-electron chi connectivity index (χ4n) is 2.76. The second kappa shape index (κ2) is 7.27. The number of ether oxygens (including phenoxy) is 1. The Bertz CT molecular complexity index is 678. The van der Waals surface area contributed by atoms with Crippen molar-refractivity contribution in [3.63, 3.8) is 0 Å². The van der Waals surface area contributed by atoms with Crippen molar-refractivity contribution < 1.29 is 9.53 Å². The predicted octanol–water partition coefficient (Wildman–Crippen LogP) is 2.91. The molecule has 1 amide bonds. The van der Waals surface area contributed by atoms with Crippen LogP contribution in [-0.4, -0.2) is 44.2 Å². The Morgan fingerprint density at radius 2 is 2.22 bits per heavy atom. The Hall–Kier alpha value is -1.66. The van der Waals surface area contributed by atoms with E-state index in [0.29, 0.717) is 18.7 Å². The van der Waals surface area contributed by atoms with E-state index in [4.69, 9.17) is 9.72 Å². The van der Waals surface area contributed by atoms with Crippen LogP contribution in [0.2, 0.25) is 0 Å². The summed E-state index contributed by atoms with van der Waals surface area (Å²) in [5.41, 5.74) is 1.65. The maximum absolute atomic E-state index is 12.1. The third-order valence-electron chi connectivity index (χ3n) is 4.29. The maximum atomic E-state index is 12.1. The topological polar surface area (TPSA) is 54.5 Å². The van der Waals surface area contributed by atoms with Crippen LogP contribution in [0.15, 0.2) is 18.2 Å². The molecule has 1 aliphatic heterocycles. The monoisotopic (exact) mass is 333 g/mol. The second-order valence-electron chi connectivity index (χ2n) is 6.10. The molecule has 5 nitrogen and oxygen atoms in total. The lowest BCUT2D eigenvalue weighted by molar-refractivity contribution is 0.0937. The van der Waals surface area contributed by atoms with E-state index < -0.39 is 0 Å². The van der Waals surface area contributed by atoms with Gasteiger partial charge in [-0.05, 0) is 37.0 Å². The molecule has 0 unspecified atom stereocenters. The van der Waals surface area contributed by atoms with Crippen molar-refractivity contribution in [1.29, 1.82) is 0 Å². The summed E-state index contributed by atoms with van der Waals surface area (Å²) in [6.45, 7) is 5.50. The highest BCUT2D eigenvalue weighted by atomic mass is 32.1. The van der Waals surface area contributed by atoms with Crippen LogP contribution in [0, 0.1) is 5.92 Å². The van der Waals surface area contributed by atoms with Gasteiger partial charge in [-0.15, -0.1) is 0 Å². The number of fused-ring (bicyclic) bond motifs is 1. The summed E-state index contributed by atoms with van der Waals surface area (Å²) in [4.78, 5) is 19.2. The van der Waals surface area contributed by atoms with Crippen molar-refractivity contribution >= 4 is 32.6 Å². The number of hydrogen-bond donors (Lipinski definition) is 1. The number of methoxy groups -OCH3 is 1. The number of anilines is 1. The van der Waals surface area contributed by atoms with Gasteiger partial charge in [-0.1, -0.05) is 18.3 Å². The van der Waals surface area contributed by atoms with Gasteiger partial charge in [0.05, 0.1) is 16.8 Å². The summed E-state index contributed by atoms with van der Waals surface area (Å²) in [7, 11) is 1.62. The van der Waals surface area contributed by atoms with E-state index in [1.165, 1.54) is 12.8 Å². The number of amides is 1. The van der Waals surface area contributed by atoms with E-state index in [9.17, 15) is 4.79 Å². The molecule has 2 heterocycles. The molecule has 23 heavy (non-hydrogen) atoms. The van der Waals surface area contributed by atoms with Crippen LogP contribution in [0.25, 0.3) is 10.2 Å². The molecule has 1 aromatic carbocycles. The van der Waals surface area contributed by atoms with Crippen molar-refractivity contribution in [3.05, 3.63) is 23.8 Å². The van der Waals surface area contributed by atoms with Gasteiger partial charge in [0.2, 0.25) is 0 Å². The number of aromatic nitrogens is 1. The van der Waals surface area contributed by atoms with Gasteiger partial charge < -0.3 is 15.0 Å². The van der Waals surface area contributed by atoms with Gasteiger partial charge in [-0.2, -0.15) is 0 Å². The number of hydrogen-bond acceptors (Lipinski definition) is 5. The van der Waals surface area contributed by atoms with Crippen LogP contribution in [-0.2, 0) is 4.74 Å². The Morgan fingerprint density at radius 1 is 1.43 bits per heavy atom.